The number of carboxylic acid groups (broad SMARTS) is 1. The van der Waals surface area contributed by atoms with Crippen molar-refractivity contribution in [1.82, 2.24) is 0 Å². The normalized spacial score (nSPS) is 30.1. The van der Waals surface area contributed by atoms with Crippen LogP contribution in [0.4, 0.5) is 0 Å². The highest BCUT2D eigenvalue weighted by molar-refractivity contribution is 7.92. The molecule has 0 aliphatic heterocycles. The van der Waals surface area contributed by atoms with E-state index in [1.807, 2.05) is 19.1 Å². The first-order chi connectivity index (χ1) is 8.75. The van der Waals surface area contributed by atoms with Gasteiger partial charge < -0.3 is 10.8 Å². The summed E-state index contributed by atoms with van der Waals surface area (Å²) in [6.45, 7) is 3.41. The van der Waals surface area contributed by atoms with Crippen molar-refractivity contribution in [3.8, 4) is 0 Å². The minimum atomic E-state index is -3.49. The molecule has 0 spiro atoms. The fourth-order valence-corrected chi connectivity index (χ4v) is 4.46. The van der Waals surface area contributed by atoms with E-state index < -0.39 is 32.5 Å². The molecule has 6 heteroatoms. The Labute approximate surface area is 112 Å². The van der Waals surface area contributed by atoms with Gasteiger partial charge in [0.15, 0.2) is 9.84 Å². The number of aliphatic carboxylic acids is 1. The second kappa shape index (κ2) is 4.31. The molecule has 0 radical (unpaired) electrons. The zero-order chi connectivity index (χ0) is 14.4. The van der Waals surface area contributed by atoms with E-state index in [9.17, 15) is 18.3 Å². The van der Waals surface area contributed by atoms with Gasteiger partial charge >= 0.3 is 5.97 Å². The molecule has 1 aromatic rings. The van der Waals surface area contributed by atoms with Crippen molar-refractivity contribution in [2.75, 3.05) is 5.75 Å². The van der Waals surface area contributed by atoms with Crippen LogP contribution in [-0.2, 0) is 14.6 Å². The molecule has 0 saturated heterocycles. The van der Waals surface area contributed by atoms with Crippen LogP contribution >= 0.6 is 0 Å². The van der Waals surface area contributed by atoms with E-state index in [4.69, 9.17) is 5.73 Å². The number of aryl methyl sites for hydroxylation is 1. The molecule has 0 bridgehead atoms. The smallest absolute Gasteiger partial charge is 0.325 e. The Kier molecular flexibility index (Phi) is 3.18. The van der Waals surface area contributed by atoms with E-state index >= 15 is 0 Å². The topological polar surface area (TPSA) is 97.5 Å². The fourth-order valence-electron chi connectivity index (χ4n) is 2.54. The Hall–Kier alpha value is -1.40. The van der Waals surface area contributed by atoms with Crippen LogP contribution in [0.25, 0.3) is 0 Å². The molecule has 0 heterocycles. The number of carbonyl (C=O) groups is 1. The second-order valence-corrected chi connectivity index (χ2v) is 7.41. The zero-order valence-corrected chi connectivity index (χ0v) is 11.6. The van der Waals surface area contributed by atoms with Crippen molar-refractivity contribution in [3.63, 3.8) is 0 Å². The molecule has 19 heavy (non-hydrogen) atoms. The first-order valence-corrected chi connectivity index (χ1v) is 7.77. The van der Waals surface area contributed by atoms with E-state index in [0.29, 0.717) is 5.56 Å². The Morgan fingerprint density at radius 3 is 2.32 bits per heavy atom. The first-order valence-electron chi connectivity index (χ1n) is 6.05. The fraction of sp³-hybridized carbons (Fsp3) is 0.462. The van der Waals surface area contributed by atoms with Crippen LogP contribution in [0.15, 0.2) is 24.3 Å². The first kappa shape index (κ1) is 14.0. The number of benzene rings is 1. The maximum Gasteiger partial charge on any atom is 0.325 e. The maximum absolute atomic E-state index is 12.0. The summed E-state index contributed by atoms with van der Waals surface area (Å²) in [4.78, 5) is 11.3. The van der Waals surface area contributed by atoms with Crippen LogP contribution < -0.4 is 5.73 Å². The molecule has 1 saturated carbocycles. The van der Waals surface area contributed by atoms with Crippen molar-refractivity contribution in [2.24, 2.45) is 5.73 Å². The molecule has 0 aromatic heterocycles. The molecule has 5 nitrogen and oxygen atoms in total. The molecule has 3 N–H and O–H groups in total. The molecule has 1 fully saturated rings. The summed E-state index contributed by atoms with van der Waals surface area (Å²) in [5.74, 6) is -2.04. The summed E-state index contributed by atoms with van der Waals surface area (Å²) >= 11 is 0. The number of hydrogen-bond donors (Lipinski definition) is 2. The van der Waals surface area contributed by atoms with Crippen molar-refractivity contribution < 1.29 is 18.3 Å². The predicted molar refractivity (Wildman–Crippen MR) is 71.7 cm³/mol. The lowest BCUT2D eigenvalue weighted by Gasteiger charge is -2.05. The number of carboxylic acids is 1. The van der Waals surface area contributed by atoms with Gasteiger partial charge in [0.05, 0.1) is 5.25 Å². The summed E-state index contributed by atoms with van der Waals surface area (Å²) in [5.41, 5.74) is 5.82. The van der Waals surface area contributed by atoms with Crippen molar-refractivity contribution in [2.45, 2.75) is 30.6 Å². The highest BCUT2D eigenvalue weighted by atomic mass is 32.2. The summed E-state index contributed by atoms with van der Waals surface area (Å²) in [6, 6.07) is 7.14. The lowest BCUT2D eigenvalue weighted by atomic mass is 10.1. The average molecular weight is 283 g/mol. The number of hydrogen-bond acceptors (Lipinski definition) is 4. The third kappa shape index (κ3) is 2.04. The van der Waals surface area contributed by atoms with Crippen LogP contribution in [-0.4, -0.2) is 36.0 Å². The third-order valence-electron chi connectivity index (χ3n) is 3.78. The van der Waals surface area contributed by atoms with E-state index in [2.05, 4.69) is 0 Å². The van der Waals surface area contributed by atoms with Crippen molar-refractivity contribution in [1.29, 1.82) is 0 Å². The quantitative estimate of drug-likeness (QED) is 0.846. The maximum atomic E-state index is 12.0. The van der Waals surface area contributed by atoms with Gasteiger partial charge in [-0.1, -0.05) is 36.8 Å². The zero-order valence-electron chi connectivity index (χ0n) is 10.8. The van der Waals surface area contributed by atoms with Crippen LogP contribution in [0.1, 0.15) is 24.0 Å². The van der Waals surface area contributed by atoms with Gasteiger partial charge in [0, 0.05) is 11.7 Å². The largest absolute Gasteiger partial charge is 0.480 e. The van der Waals surface area contributed by atoms with E-state index in [1.54, 1.807) is 12.1 Å². The Bertz CT molecular complexity index is 608. The number of rotatable bonds is 4. The molecule has 0 amide bonds. The molecule has 1 aliphatic rings. The molecule has 3 atom stereocenters. The van der Waals surface area contributed by atoms with Crippen LogP contribution in [0, 0.1) is 6.92 Å². The number of sulfone groups is 1. The monoisotopic (exact) mass is 283 g/mol. The van der Waals surface area contributed by atoms with E-state index in [0.717, 1.165) is 5.56 Å². The van der Waals surface area contributed by atoms with Gasteiger partial charge in [0.25, 0.3) is 0 Å². The van der Waals surface area contributed by atoms with Crippen LogP contribution in [0.2, 0.25) is 0 Å². The standard InChI is InChI=1S/C13H17NO4S/c1-3-19(17,18)11-10(13(11,14)12(15)16)9-6-4-8(2)5-7-9/h4-7,10-11H,3,14H2,1-2H3,(H,15,16)/t10-,11+,13-/m0/s1. The highest BCUT2D eigenvalue weighted by Gasteiger charge is 2.73. The molecule has 104 valence electrons. The summed E-state index contributed by atoms with van der Waals surface area (Å²) in [7, 11) is -3.49. The van der Waals surface area contributed by atoms with E-state index in [1.165, 1.54) is 6.92 Å². The Balaban J connectivity index is 2.45. The van der Waals surface area contributed by atoms with Crippen LogP contribution in [0.3, 0.4) is 0 Å². The van der Waals surface area contributed by atoms with E-state index in [-0.39, 0.29) is 5.75 Å². The highest BCUT2D eigenvalue weighted by Crippen LogP contribution is 2.54. The minimum Gasteiger partial charge on any atom is -0.480 e. The van der Waals surface area contributed by atoms with Gasteiger partial charge in [-0.25, -0.2) is 8.42 Å². The molecule has 2 rings (SSSR count). The van der Waals surface area contributed by atoms with Crippen molar-refractivity contribution >= 4 is 15.8 Å². The van der Waals surface area contributed by atoms with Gasteiger partial charge in [-0.15, -0.1) is 0 Å². The molecule has 1 aliphatic carbocycles. The van der Waals surface area contributed by atoms with Gasteiger partial charge in [0.2, 0.25) is 0 Å². The van der Waals surface area contributed by atoms with Crippen LogP contribution in [0.5, 0.6) is 0 Å². The SMILES string of the molecule is CCS(=O)(=O)[C@@H]1[C@H](c2ccc(C)cc2)[C@@]1(N)C(=O)O. The van der Waals surface area contributed by atoms with Crippen molar-refractivity contribution in [3.05, 3.63) is 35.4 Å². The van der Waals surface area contributed by atoms with Gasteiger partial charge in [-0.3, -0.25) is 4.79 Å². The Morgan fingerprint density at radius 2 is 1.89 bits per heavy atom. The second-order valence-electron chi connectivity index (χ2n) is 5.00. The molecule has 1 aromatic carbocycles. The molecule has 0 unspecified atom stereocenters. The lowest BCUT2D eigenvalue weighted by molar-refractivity contribution is -0.139. The minimum absolute atomic E-state index is 0.105. The Morgan fingerprint density at radius 1 is 1.37 bits per heavy atom. The van der Waals surface area contributed by atoms with Gasteiger partial charge in [-0.05, 0) is 12.5 Å². The summed E-state index contributed by atoms with van der Waals surface area (Å²) in [6.07, 6.45) is 0. The number of nitrogens with two attached hydrogens (primary N) is 1. The van der Waals surface area contributed by atoms with Gasteiger partial charge in [0.1, 0.15) is 5.54 Å². The third-order valence-corrected chi connectivity index (χ3v) is 6.02. The predicted octanol–water partition coefficient (Wildman–Crippen LogP) is 0.678. The average Bonchev–Trinajstić information content (AvgIpc) is 2.99. The lowest BCUT2D eigenvalue weighted by Crippen LogP contribution is -2.40. The van der Waals surface area contributed by atoms with Gasteiger partial charge in [-0.2, -0.15) is 0 Å². The molecular weight excluding hydrogens is 266 g/mol. The summed E-state index contributed by atoms with van der Waals surface area (Å²) < 4.78 is 24.0. The summed E-state index contributed by atoms with van der Waals surface area (Å²) in [5, 5.41) is 8.20. The molecular formula is C13H17NO4S.